The van der Waals surface area contributed by atoms with Crippen LogP contribution in [0.1, 0.15) is 52.1 Å². The molecule has 8 heteroatoms. The Bertz CT molecular complexity index is 1400. The first-order valence-electron chi connectivity index (χ1n) is 11.9. The Hall–Kier alpha value is -4.46. The summed E-state index contributed by atoms with van der Waals surface area (Å²) in [5.74, 6) is -2.21. The van der Waals surface area contributed by atoms with E-state index < -0.39 is 23.7 Å². The van der Waals surface area contributed by atoms with Crippen molar-refractivity contribution in [2.45, 2.75) is 33.2 Å². The fraction of sp³-hybridized carbons (Fsp3) is 0.241. The SMILES string of the molecule is CCCOC(=O)c1cccc(N2C(=O)C(=O)/C(=C(/O)c3cc(C)cc(C)c3OC)C2c2ccccn2)c1. The molecule has 1 N–H and O–H groups in total. The second-order valence-corrected chi connectivity index (χ2v) is 8.77. The Morgan fingerprint density at radius 2 is 1.86 bits per heavy atom. The number of Topliss-reactive ketones (excluding diaryl/α,β-unsaturated/α-hetero) is 1. The van der Waals surface area contributed by atoms with Crippen LogP contribution in [-0.2, 0) is 14.3 Å². The quantitative estimate of drug-likeness (QED) is 0.213. The van der Waals surface area contributed by atoms with Gasteiger partial charge in [-0.1, -0.05) is 25.1 Å². The van der Waals surface area contributed by atoms with Crippen LogP contribution in [0.15, 0.2) is 66.4 Å². The molecule has 4 rings (SSSR count). The van der Waals surface area contributed by atoms with Crippen molar-refractivity contribution in [1.29, 1.82) is 0 Å². The van der Waals surface area contributed by atoms with Crippen LogP contribution < -0.4 is 9.64 Å². The van der Waals surface area contributed by atoms with Crippen LogP contribution in [0.5, 0.6) is 5.75 Å². The van der Waals surface area contributed by atoms with Gasteiger partial charge in [0.2, 0.25) is 0 Å². The van der Waals surface area contributed by atoms with Gasteiger partial charge in [0, 0.05) is 11.9 Å². The van der Waals surface area contributed by atoms with E-state index in [2.05, 4.69) is 4.98 Å². The number of aromatic nitrogens is 1. The Kier molecular flexibility index (Phi) is 7.38. The number of hydrogen-bond donors (Lipinski definition) is 1. The van der Waals surface area contributed by atoms with Crippen LogP contribution in [-0.4, -0.2) is 41.5 Å². The van der Waals surface area contributed by atoms with Gasteiger partial charge in [0.25, 0.3) is 11.7 Å². The minimum atomic E-state index is -1.03. The average Bonchev–Trinajstić information content (AvgIpc) is 3.17. The van der Waals surface area contributed by atoms with Crippen LogP contribution >= 0.6 is 0 Å². The molecule has 2 heterocycles. The Balaban J connectivity index is 1.92. The molecule has 0 bridgehead atoms. The molecule has 1 aliphatic heterocycles. The van der Waals surface area contributed by atoms with Gasteiger partial charge < -0.3 is 14.6 Å². The molecule has 0 aliphatic carbocycles. The number of amides is 1. The Morgan fingerprint density at radius 1 is 1.08 bits per heavy atom. The van der Waals surface area contributed by atoms with E-state index in [1.807, 2.05) is 26.8 Å². The van der Waals surface area contributed by atoms with Crippen molar-refractivity contribution < 1.29 is 29.0 Å². The summed E-state index contributed by atoms with van der Waals surface area (Å²) in [7, 11) is 1.48. The lowest BCUT2D eigenvalue weighted by molar-refractivity contribution is -0.132. The summed E-state index contributed by atoms with van der Waals surface area (Å²) in [6.45, 7) is 5.85. The number of aryl methyl sites for hydroxylation is 2. The largest absolute Gasteiger partial charge is 0.507 e. The Morgan fingerprint density at radius 3 is 2.54 bits per heavy atom. The number of hydrogen-bond acceptors (Lipinski definition) is 7. The summed E-state index contributed by atoms with van der Waals surface area (Å²) in [5.41, 5.74) is 2.72. The monoisotopic (exact) mass is 500 g/mol. The van der Waals surface area contributed by atoms with Crippen molar-refractivity contribution in [1.82, 2.24) is 4.98 Å². The summed E-state index contributed by atoms with van der Waals surface area (Å²) in [4.78, 5) is 45.0. The molecule has 1 aromatic heterocycles. The van der Waals surface area contributed by atoms with Crippen molar-refractivity contribution in [2.75, 3.05) is 18.6 Å². The second kappa shape index (κ2) is 10.7. The number of ether oxygens (including phenoxy) is 2. The van der Waals surface area contributed by atoms with E-state index in [1.54, 1.807) is 48.7 Å². The fourth-order valence-electron chi connectivity index (χ4n) is 4.52. The number of ketones is 1. The van der Waals surface area contributed by atoms with Gasteiger partial charge in [-0.05, 0) is 67.8 Å². The number of benzene rings is 2. The highest BCUT2D eigenvalue weighted by molar-refractivity contribution is 6.51. The number of aliphatic hydroxyl groups excluding tert-OH is 1. The van der Waals surface area contributed by atoms with Gasteiger partial charge >= 0.3 is 5.97 Å². The summed E-state index contributed by atoms with van der Waals surface area (Å²) in [6.07, 6.45) is 2.22. The zero-order valence-corrected chi connectivity index (χ0v) is 21.1. The summed E-state index contributed by atoms with van der Waals surface area (Å²) in [5, 5.41) is 11.5. The molecular weight excluding hydrogens is 472 g/mol. The minimum absolute atomic E-state index is 0.119. The number of carbonyl (C=O) groups excluding carboxylic acids is 3. The second-order valence-electron chi connectivity index (χ2n) is 8.77. The lowest BCUT2D eigenvalue weighted by Crippen LogP contribution is -2.30. The van der Waals surface area contributed by atoms with Crippen LogP contribution in [0.4, 0.5) is 5.69 Å². The number of carbonyl (C=O) groups is 3. The molecule has 1 fully saturated rings. The number of rotatable bonds is 7. The predicted octanol–water partition coefficient (Wildman–Crippen LogP) is 4.90. The van der Waals surface area contributed by atoms with Crippen LogP contribution in [0.3, 0.4) is 0 Å². The average molecular weight is 501 g/mol. The molecule has 2 aromatic carbocycles. The van der Waals surface area contributed by atoms with E-state index in [0.717, 1.165) is 11.1 Å². The molecule has 1 unspecified atom stereocenters. The van der Waals surface area contributed by atoms with Crippen LogP contribution in [0.25, 0.3) is 5.76 Å². The number of esters is 1. The van der Waals surface area contributed by atoms with Crippen molar-refractivity contribution in [3.63, 3.8) is 0 Å². The lowest BCUT2D eigenvalue weighted by Gasteiger charge is -2.25. The molecule has 0 spiro atoms. The highest BCUT2D eigenvalue weighted by atomic mass is 16.5. The van der Waals surface area contributed by atoms with E-state index in [-0.39, 0.29) is 23.5 Å². The third-order valence-corrected chi connectivity index (χ3v) is 6.09. The van der Waals surface area contributed by atoms with E-state index in [9.17, 15) is 19.5 Å². The molecule has 190 valence electrons. The summed E-state index contributed by atoms with van der Waals surface area (Å²) >= 11 is 0. The molecule has 1 aliphatic rings. The van der Waals surface area contributed by atoms with Gasteiger partial charge in [-0.15, -0.1) is 0 Å². The summed E-state index contributed by atoms with van der Waals surface area (Å²) in [6, 6.07) is 14.0. The summed E-state index contributed by atoms with van der Waals surface area (Å²) < 4.78 is 10.8. The van der Waals surface area contributed by atoms with Gasteiger partial charge in [0.05, 0.1) is 36.1 Å². The Labute approximate surface area is 215 Å². The molecule has 37 heavy (non-hydrogen) atoms. The van der Waals surface area contributed by atoms with E-state index in [1.165, 1.54) is 18.1 Å². The smallest absolute Gasteiger partial charge is 0.338 e. The molecule has 8 nitrogen and oxygen atoms in total. The predicted molar refractivity (Wildman–Crippen MR) is 139 cm³/mol. The first-order valence-corrected chi connectivity index (χ1v) is 11.9. The molecular formula is C29H28N2O6. The highest BCUT2D eigenvalue weighted by Gasteiger charge is 2.48. The van der Waals surface area contributed by atoms with Crippen molar-refractivity contribution in [3.8, 4) is 5.75 Å². The first kappa shape index (κ1) is 25.6. The topological polar surface area (TPSA) is 106 Å². The maximum Gasteiger partial charge on any atom is 0.338 e. The number of methoxy groups -OCH3 is 1. The van der Waals surface area contributed by atoms with Crippen molar-refractivity contribution >= 4 is 29.1 Å². The number of anilines is 1. The molecule has 0 saturated carbocycles. The van der Waals surface area contributed by atoms with Gasteiger partial charge in [0.15, 0.2) is 0 Å². The molecule has 1 saturated heterocycles. The standard InChI is InChI=1S/C29H28N2O6/c1-5-13-37-29(35)19-9-8-10-20(16-19)31-24(22-11-6-7-12-30-22)23(26(33)28(31)34)25(32)21-15-17(2)14-18(3)27(21)36-4/h6-12,14-16,24,32H,5,13H2,1-4H3/b25-23+. The zero-order valence-electron chi connectivity index (χ0n) is 21.1. The lowest BCUT2D eigenvalue weighted by atomic mass is 9.95. The number of pyridine rings is 1. The zero-order chi connectivity index (χ0) is 26.7. The third-order valence-electron chi connectivity index (χ3n) is 6.09. The van der Waals surface area contributed by atoms with Crippen LogP contribution in [0, 0.1) is 13.8 Å². The van der Waals surface area contributed by atoms with Crippen molar-refractivity contribution in [2.24, 2.45) is 0 Å². The minimum Gasteiger partial charge on any atom is -0.507 e. The third kappa shape index (κ3) is 4.82. The maximum atomic E-state index is 13.4. The molecule has 0 radical (unpaired) electrons. The number of nitrogens with zero attached hydrogens (tertiary/aromatic N) is 2. The van der Waals surface area contributed by atoms with Gasteiger partial charge in [-0.2, -0.15) is 0 Å². The molecule has 1 atom stereocenters. The van der Waals surface area contributed by atoms with E-state index >= 15 is 0 Å². The van der Waals surface area contributed by atoms with Crippen molar-refractivity contribution in [3.05, 3.63) is 94.3 Å². The fourth-order valence-corrected chi connectivity index (χ4v) is 4.52. The molecule has 1 amide bonds. The normalized spacial score (nSPS) is 16.6. The van der Waals surface area contributed by atoms with Crippen LogP contribution in [0.2, 0.25) is 0 Å². The maximum absolute atomic E-state index is 13.4. The van der Waals surface area contributed by atoms with E-state index in [4.69, 9.17) is 9.47 Å². The number of aliphatic hydroxyl groups is 1. The highest BCUT2D eigenvalue weighted by Crippen LogP contribution is 2.43. The van der Waals surface area contributed by atoms with E-state index in [0.29, 0.717) is 29.1 Å². The molecule has 3 aromatic rings. The first-order chi connectivity index (χ1) is 17.8. The van der Waals surface area contributed by atoms with Gasteiger partial charge in [-0.3, -0.25) is 19.5 Å². The van der Waals surface area contributed by atoms with Gasteiger partial charge in [-0.25, -0.2) is 4.79 Å². The van der Waals surface area contributed by atoms with Gasteiger partial charge in [0.1, 0.15) is 17.6 Å².